The number of fused-ring (bicyclic) bond motifs is 1. The van der Waals surface area contributed by atoms with Gasteiger partial charge in [-0.3, -0.25) is 0 Å². The van der Waals surface area contributed by atoms with E-state index in [4.69, 9.17) is 4.78 Å². The summed E-state index contributed by atoms with van der Waals surface area (Å²) in [5, 5.41) is 0.161. The highest BCUT2D eigenvalue weighted by Crippen LogP contribution is 2.27. The Bertz CT molecular complexity index is 1400. The lowest BCUT2D eigenvalue weighted by Crippen LogP contribution is -2.10. The second-order valence-corrected chi connectivity index (χ2v) is 9.21. The van der Waals surface area contributed by atoms with E-state index in [1.165, 1.54) is 36.7 Å². The van der Waals surface area contributed by atoms with Gasteiger partial charge in [-0.1, -0.05) is 6.07 Å². The SMILES string of the molecule is Cc1nc2ccc(-c3ccc(S(C)(=N)=O)nc3)nc2n1Cc1c(F)cccc1OC(F)F. The standard InChI is InChI=1S/C21H18F3N5O2S/c1-12-27-17-8-7-16(13-6-9-19(26-10-13)32(2,25)30)28-20(17)29(12)11-14-15(22)4-3-5-18(14)31-21(23)24/h3-10,21,25H,11H2,1-2H3. The average Bonchev–Trinajstić information content (AvgIpc) is 3.04. The molecular weight excluding hydrogens is 443 g/mol. The van der Waals surface area contributed by atoms with Crippen LogP contribution in [0.3, 0.4) is 0 Å². The fourth-order valence-electron chi connectivity index (χ4n) is 3.28. The molecule has 7 nitrogen and oxygen atoms in total. The molecule has 11 heteroatoms. The van der Waals surface area contributed by atoms with Gasteiger partial charge in [-0.25, -0.2) is 28.3 Å². The molecule has 4 rings (SSSR count). The van der Waals surface area contributed by atoms with Crippen molar-refractivity contribution in [2.24, 2.45) is 0 Å². The highest BCUT2D eigenvalue weighted by atomic mass is 32.2. The van der Waals surface area contributed by atoms with E-state index < -0.39 is 22.2 Å². The molecule has 1 aromatic carbocycles. The molecule has 4 aromatic rings. The molecule has 3 heterocycles. The maximum absolute atomic E-state index is 14.5. The number of ether oxygens (including phenoxy) is 1. The van der Waals surface area contributed by atoms with Crippen molar-refractivity contribution in [3.63, 3.8) is 0 Å². The van der Waals surface area contributed by atoms with E-state index in [1.54, 1.807) is 29.7 Å². The van der Waals surface area contributed by atoms with Crippen LogP contribution in [-0.4, -0.2) is 36.6 Å². The summed E-state index contributed by atoms with van der Waals surface area (Å²) in [6, 6.07) is 10.4. The van der Waals surface area contributed by atoms with Crippen molar-refractivity contribution in [2.75, 3.05) is 6.26 Å². The molecule has 1 atom stereocenters. The lowest BCUT2D eigenvalue weighted by Gasteiger charge is -2.13. The summed E-state index contributed by atoms with van der Waals surface area (Å²) in [5.41, 5.74) is 2.09. The first-order valence-electron chi connectivity index (χ1n) is 9.40. The largest absolute Gasteiger partial charge is 0.434 e. The maximum atomic E-state index is 14.5. The van der Waals surface area contributed by atoms with Crippen LogP contribution in [-0.2, 0) is 16.3 Å². The van der Waals surface area contributed by atoms with E-state index in [-0.39, 0.29) is 22.9 Å². The minimum absolute atomic E-state index is 0.0402. The topological polar surface area (TPSA) is 93.8 Å². The zero-order valence-electron chi connectivity index (χ0n) is 17.1. The molecule has 3 aromatic heterocycles. The number of aromatic nitrogens is 4. The van der Waals surface area contributed by atoms with Crippen LogP contribution in [0.1, 0.15) is 11.4 Å². The van der Waals surface area contributed by atoms with Crippen LogP contribution in [0.25, 0.3) is 22.4 Å². The Morgan fingerprint density at radius 3 is 2.59 bits per heavy atom. The normalized spacial score (nSPS) is 13.4. The summed E-state index contributed by atoms with van der Waals surface area (Å²) >= 11 is 0. The highest BCUT2D eigenvalue weighted by Gasteiger charge is 2.18. The fourth-order valence-corrected chi connectivity index (χ4v) is 3.87. The molecule has 0 spiro atoms. The minimum Gasteiger partial charge on any atom is -0.434 e. The molecule has 0 saturated carbocycles. The number of halogens is 3. The molecule has 32 heavy (non-hydrogen) atoms. The number of pyridine rings is 2. The van der Waals surface area contributed by atoms with Crippen molar-refractivity contribution in [1.29, 1.82) is 4.78 Å². The molecule has 0 saturated heterocycles. The summed E-state index contributed by atoms with van der Waals surface area (Å²) in [7, 11) is -2.94. The van der Waals surface area contributed by atoms with Crippen molar-refractivity contribution in [3.05, 3.63) is 65.9 Å². The van der Waals surface area contributed by atoms with E-state index in [2.05, 4.69) is 19.7 Å². The van der Waals surface area contributed by atoms with Crippen LogP contribution in [0.4, 0.5) is 13.2 Å². The number of benzene rings is 1. The predicted molar refractivity (Wildman–Crippen MR) is 113 cm³/mol. The molecule has 0 aliphatic heterocycles. The van der Waals surface area contributed by atoms with Gasteiger partial charge in [0.05, 0.1) is 22.0 Å². The zero-order chi connectivity index (χ0) is 23.0. The number of alkyl halides is 2. The zero-order valence-corrected chi connectivity index (χ0v) is 17.9. The summed E-state index contributed by atoms with van der Waals surface area (Å²) < 4.78 is 65.6. The number of nitrogens with zero attached hydrogens (tertiary/aromatic N) is 4. The average molecular weight is 461 g/mol. The molecule has 166 valence electrons. The van der Waals surface area contributed by atoms with Gasteiger partial charge in [0.25, 0.3) is 0 Å². The van der Waals surface area contributed by atoms with E-state index >= 15 is 0 Å². The van der Waals surface area contributed by atoms with Crippen molar-refractivity contribution >= 4 is 20.9 Å². The quantitative estimate of drug-likeness (QED) is 0.452. The number of rotatable bonds is 6. The van der Waals surface area contributed by atoms with Gasteiger partial charge in [0, 0.05) is 23.6 Å². The van der Waals surface area contributed by atoms with Gasteiger partial charge in [-0.05, 0) is 43.3 Å². The number of aryl methyl sites for hydroxylation is 1. The third kappa shape index (κ3) is 4.28. The highest BCUT2D eigenvalue weighted by molar-refractivity contribution is 7.91. The second-order valence-electron chi connectivity index (χ2n) is 7.11. The number of imidazole rings is 1. The summed E-state index contributed by atoms with van der Waals surface area (Å²) in [6.07, 6.45) is 2.76. The summed E-state index contributed by atoms with van der Waals surface area (Å²) in [4.78, 5) is 13.1. The molecule has 0 bridgehead atoms. The van der Waals surface area contributed by atoms with E-state index in [9.17, 15) is 17.4 Å². The molecule has 0 aliphatic carbocycles. The number of nitrogens with one attached hydrogen (secondary N) is 1. The van der Waals surface area contributed by atoms with E-state index in [0.29, 0.717) is 28.2 Å². The Hall–Kier alpha value is -3.47. The van der Waals surface area contributed by atoms with Crippen LogP contribution in [0.2, 0.25) is 0 Å². The third-order valence-corrected chi connectivity index (χ3v) is 5.86. The van der Waals surface area contributed by atoms with Gasteiger partial charge in [-0.2, -0.15) is 8.78 Å². The van der Waals surface area contributed by atoms with Gasteiger partial charge in [-0.15, -0.1) is 0 Å². The van der Waals surface area contributed by atoms with Gasteiger partial charge < -0.3 is 9.30 Å². The Morgan fingerprint density at radius 2 is 1.94 bits per heavy atom. The van der Waals surface area contributed by atoms with E-state index in [1.807, 2.05) is 0 Å². The Kier molecular flexibility index (Phi) is 5.59. The van der Waals surface area contributed by atoms with Crippen LogP contribution in [0.5, 0.6) is 5.75 Å². The Labute approximate surface area is 181 Å². The lowest BCUT2D eigenvalue weighted by molar-refractivity contribution is -0.0506. The van der Waals surface area contributed by atoms with Crippen LogP contribution < -0.4 is 4.74 Å². The van der Waals surface area contributed by atoms with Crippen LogP contribution in [0, 0.1) is 17.5 Å². The van der Waals surface area contributed by atoms with Gasteiger partial charge in [0.2, 0.25) is 0 Å². The lowest BCUT2D eigenvalue weighted by atomic mass is 10.1. The van der Waals surface area contributed by atoms with E-state index in [0.717, 1.165) is 0 Å². The van der Waals surface area contributed by atoms with Crippen molar-refractivity contribution in [3.8, 4) is 17.0 Å². The monoisotopic (exact) mass is 461 g/mol. The smallest absolute Gasteiger partial charge is 0.387 e. The van der Waals surface area contributed by atoms with Crippen LogP contribution >= 0.6 is 0 Å². The Balaban J connectivity index is 1.77. The van der Waals surface area contributed by atoms with Gasteiger partial charge in [0.1, 0.15) is 27.9 Å². The molecular formula is C21H18F3N5O2S. The Morgan fingerprint density at radius 1 is 1.16 bits per heavy atom. The van der Waals surface area contributed by atoms with Crippen molar-refractivity contribution in [2.45, 2.75) is 25.1 Å². The first kappa shape index (κ1) is 21.8. The first-order chi connectivity index (χ1) is 15.1. The molecule has 0 aliphatic rings. The molecule has 1 N–H and O–H groups in total. The first-order valence-corrected chi connectivity index (χ1v) is 11.4. The molecule has 0 amide bonds. The predicted octanol–water partition coefficient (Wildman–Crippen LogP) is 4.63. The maximum Gasteiger partial charge on any atom is 0.387 e. The van der Waals surface area contributed by atoms with Crippen LogP contribution in [0.15, 0.2) is 53.7 Å². The van der Waals surface area contributed by atoms with Crippen molar-refractivity contribution in [1.82, 2.24) is 19.5 Å². The third-order valence-electron chi connectivity index (χ3n) is 4.82. The minimum atomic E-state index is -3.09. The number of hydrogen-bond acceptors (Lipinski definition) is 6. The number of hydrogen-bond donors (Lipinski definition) is 1. The van der Waals surface area contributed by atoms with Gasteiger partial charge >= 0.3 is 6.61 Å². The van der Waals surface area contributed by atoms with Crippen molar-refractivity contribution < 1.29 is 22.1 Å². The fraction of sp³-hybridized carbons (Fsp3) is 0.190. The summed E-state index contributed by atoms with van der Waals surface area (Å²) in [6.45, 7) is -1.49. The van der Waals surface area contributed by atoms with Gasteiger partial charge in [0.15, 0.2) is 5.65 Å². The molecule has 0 fully saturated rings. The summed E-state index contributed by atoms with van der Waals surface area (Å²) in [5.74, 6) is -0.418. The molecule has 0 radical (unpaired) electrons. The second kappa shape index (κ2) is 8.23. The molecule has 1 unspecified atom stereocenters.